The van der Waals surface area contributed by atoms with Gasteiger partial charge in [0.15, 0.2) is 0 Å². The molecule has 0 aliphatic carbocycles. The molecule has 2 aromatic carbocycles. The second-order valence-corrected chi connectivity index (χ2v) is 11.3. The van der Waals surface area contributed by atoms with Crippen LogP contribution in [0.5, 0.6) is 5.75 Å². The van der Waals surface area contributed by atoms with Gasteiger partial charge in [-0.2, -0.15) is 0 Å². The highest BCUT2D eigenvalue weighted by Crippen LogP contribution is 2.40. The number of phenols is 1. The quantitative estimate of drug-likeness (QED) is 0.368. The Hall–Kier alpha value is -2.86. The molecule has 2 rings (SSSR count). The first kappa shape index (κ1) is 29.4. The number of aromatic hydroxyl groups is 1. The summed E-state index contributed by atoms with van der Waals surface area (Å²) in [7, 11) is 0. The standard InChI is InChI=1S/C30H44N2O4/c1-8-36-18-12-17-31-28(35)26(22-13-10-9-11-14-22)32-25(33)16-15-21-19-23(29(2,3)4)27(34)24(20-21)30(5,6)7/h9-11,13-14,19-20,26,34H,8,12,15-18H2,1-7H3,(H,31,35)(H,32,33). The maximum Gasteiger partial charge on any atom is 0.247 e. The monoisotopic (exact) mass is 496 g/mol. The minimum Gasteiger partial charge on any atom is -0.507 e. The average Bonchev–Trinajstić information content (AvgIpc) is 2.80. The fourth-order valence-corrected chi connectivity index (χ4v) is 4.05. The summed E-state index contributed by atoms with van der Waals surface area (Å²) in [4.78, 5) is 25.9. The lowest BCUT2D eigenvalue weighted by Gasteiger charge is -2.28. The van der Waals surface area contributed by atoms with Gasteiger partial charge in [-0.25, -0.2) is 0 Å². The maximum absolute atomic E-state index is 13.0. The van der Waals surface area contributed by atoms with Gasteiger partial charge in [-0.1, -0.05) is 84.0 Å². The topological polar surface area (TPSA) is 87.7 Å². The van der Waals surface area contributed by atoms with Crippen molar-refractivity contribution in [3.05, 3.63) is 64.7 Å². The highest BCUT2D eigenvalue weighted by Gasteiger charge is 2.27. The molecule has 0 bridgehead atoms. The number of amides is 2. The number of carbonyl (C=O) groups is 2. The number of hydrogen-bond donors (Lipinski definition) is 3. The second-order valence-electron chi connectivity index (χ2n) is 11.3. The predicted octanol–water partition coefficient (Wildman–Crippen LogP) is 5.32. The molecule has 36 heavy (non-hydrogen) atoms. The van der Waals surface area contributed by atoms with Crippen LogP contribution in [0.2, 0.25) is 0 Å². The van der Waals surface area contributed by atoms with Crippen molar-refractivity contribution in [1.82, 2.24) is 10.6 Å². The zero-order chi connectivity index (χ0) is 26.9. The van der Waals surface area contributed by atoms with Crippen molar-refractivity contribution in [3.63, 3.8) is 0 Å². The first-order valence-electron chi connectivity index (χ1n) is 12.9. The van der Waals surface area contributed by atoms with Gasteiger partial charge in [0.05, 0.1) is 0 Å². The zero-order valence-electron chi connectivity index (χ0n) is 23.0. The van der Waals surface area contributed by atoms with Gasteiger partial charge in [0, 0.05) is 26.2 Å². The summed E-state index contributed by atoms with van der Waals surface area (Å²) in [6.45, 7) is 16.1. The van der Waals surface area contributed by atoms with Gasteiger partial charge in [0.1, 0.15) is 11.8 Å². The molecular formula is C30H44N2O4. The Bertz CT molecular complexity index is 969. The number of carbonyl (C=O) groups excluding carboxylic acids is 2. The van der Waals surface area contributed by atoms with E-state index in [-0.39, 0.29) is 29.1 Å². The van der Waals surface area contributed by atoms with Crippen molar-refractivity contribution in [2.75, 3.05) is 19.8 Å². The van der Waals surface area contributed by atoms with Crippen molar-refractivity contribution in [2.24, 2.45) is 0 Å². The lowest BCUT2D eigenvalue weighted by atomic mass is 9.78. The molecular weight excluding hydrogens is 452 g/mol. The number of hydrogen-bond acceptors (Lipinski definition) is 4. The van der Waals surface area contributed by atoms with E-state index in [1.165, 1.54) is 0 Å². The summed E-state index contributed by atoms with van der Waals surface area (Å²) in [6, 6.07) is 12.5. The minimum atomic E-state index is -0.763. The highest BCUT2D eigenvalue weighted by molar-refractivity contribution is 5.88. The third kappa shape index (κ3) is 8.66. The van der Waals surface area contributed by atoms with Crippen LogP contribution in [0.4, 0.5) is 0 Å². The summed E-state index contributed by atoms with van der Waals surface area (Å²) in [5, 5.41) is 16.8. The van der Waals surface area contributed by atoms with Crippen LogP contribution in [0.25, 0.3) is 0 Å². The zero-order valence-corrected chi connectivity index (χ0v) is 23.0. The number of phenolic OH excluding ortho intramolecular Hbond substituents is 1. The summed E-state index contributed by atoms with van der Waals surface area (Å²) in [5.41, 5.74) is 3.01. The Balaban J connectivity index is 2.15. The van der Waals surface area contributed by atoms with Crippen LogP contribution in [-0.2, 0) is 31.6 Å². The van der Waals surface area contributed by atoms with Crippen molar-refractivity contribution >= 4 is 11.8 Å². The van der Waals surface area contributed by atoms with E-state index in [2.05, 4.69) is 52.2 Å². The molecule has 0 spiro atoms. The molecule has 0 fully saturated rings. The SMILES string of the molecule is CCOCCCNC(=O)C(NC(=O)CCc1cc(C(C)(C)C)c(O)c(C(C)(C)C)c1)c1ccccc1. The van der Waals surface area contributed by atoms with Gasteiger partial charge in [0.2, 0.25) is 11.8 Å². The summed E-state index contributed by atoms with van der Waals surface area (Å²) >= 11 is 0. The molecule has 6 nitrogen and oxygen atoms in total. The Labute approximate surface area is 216 Å². The van der Waals surface area contributed by atoms with Crippen LogP contribution in [0.15, 0.2) is 42.5 Å². The van der Waals surface area contributed by atoms with Gasteiger partial charge < -0.3 is 20.5 Å². The fraction of sp³-hybridized carbons (Fsp3) is 0.533. The van der Waals surface area contributed by atoms with Gasteiger partial charge >= 0.3 is 0 Å². The van der Waals surface area contributed by atoms with Crippen molar-refractivity contribution < 1.29 is 19.4 Å². The normalized spacial score (nSPS) is 12.8. The van der Waals surface area contributed by atoms with Crippen LogP contribution in [-0.4, -0.2) is 36.7 Å². The van der Waals surface area contributed by atoms with E-state index in [1.54, 1.807) is 0 Å². The molecule has 0 saturated heterocycles. The predicted molar refractivity (Wildman–Crippen MR) is 145 cm³/mol. The number of rotatable bonds is 11. The van der Waals surface area contributed by atoms with E-state index in [4.69, 9.17) is 4.74 Å². The van der Waals surface area contributed by atoms with Gasteiger partial charge in [-0.15, -0.1) is 0 Å². The molecule has 0 heterocycles. The molecule has 2 aromatic rings. The summed E-state index contributed by atoms with van der Waals surface area (Å²) in [6.07, 6.45) is 1.46. The lowest BCUT2D eigenvalue weighted by Crippen LogP contribution is -2.41. The number of ether oxygens (including phenoxy) is 1. The smallest absolute Gasteiger partial charge is 0.247 e. The largest absolute Gasteiger partial charge is 0.507 e. The lowest BCUT2D eigenvalue weighted by molar-refractivity contribution is -0.129. The van der Waals surface area contributed by atoms with Crippen LogP contribution >= 0.6 is 0 Å². The Morgan fingerprint density at radius 2 is 1.56 bits per heavy atom. The molecule has 2 amide bonds. The minimum absolute atomic E-state index is 0.198. The summed E-state index contributed by atoms with van der Waals surface area (Å²) in [5.74, 6) is -0.106. The van der Waals surface area contributed by atoms with Crippen LogP contribution in [0.3, 0.4) is 0 Å². The van der Waals surface area contributed by atoms with Crippen LogP contribution < -0.4 is 10.6 Å². The molecule has 6 heteroatoms. The van der Waals surface area contributed by atoms with E-state index in [0.717, 1.165) is 22.3 Å². The van der Waals surface area contributed by atoms with Gasteiger partial charge in [-0.05, 0) is 52.8 Å². The van der Waals surface area contributed by atoms with Gasteiger partial charge in [-0.3, -0.25) is 9.59 Å². The second kappa shape index (κ2) is 12.9. The Kier molecular flexibility index (Phi) is 10.5. The average molecular weight is 497 g/mol. The van der Waals surface area contributed by atoms with E-state index in [1.807, 2.05) is 49.4 Å². The molecule has 198 valence electrons. The third-order valence-electron chi connectivity index (χ3n) is 6.10. The molecule has 1 unspecified atom stereocenters. The first-order valence-corrected chi connectivity index (χ1v) is 12.9. The van der Waals surface area contributed by atoms with Crippen LogP contribution in [0.1, 0.15) is 89.6 Å². The number of nitrogens with one attached hydrogen (secondary N) is 2. The molecule has 0 saturated carbocycles. The third-order valence-corrected chi connectivity index (χ3v) is 6.10. The van der Waals surface area contributed by atoms with Crippen LogP contribution in [0, 0.1) is 0 Å². The Morgan fingerprint density at radius 3 is 2.08 bits per heavy atom. The molecule has 1 atom stereocenters. The molecule has 0 aliphatic heterocycles. The molecule has 3 N–H and O–H groups in total. The van der Waals surface area contributed by atoms with E-state index in [0.29, 0.717) is 38.3 Å². The van der Waals surface area contributed by atoms with E-state index < -0.39 is 6.04 Å². The van der Waals surface area contributed by atoms with Crippen molar-refractivity contribution in [1.29, 1.82) is 0 Å². The number of benzene rings is 2. The molecule has 0 aromatic heterocycles. The van der Waals surface area contributed by atoms with Crippen molar-refractivity contribution in [3.8, 4) is 5.75 Å². The summed E-state index contributed by atoms with van der Waals surface area (Å²) < 4.78 is 5.33. The van der Waals surface area contributed by atoms with Crippen molar-refractivity contribution in [2.45, 2.75) is 84.6 Å². The van der Waals surface area contributed by atoms with Gasteiger partial charge in [0.25, 0.3) is 0 Å². The van der Waals surface area contributed by atoms with E-state index >= 15 is 0 Å². The number of aryl methyl sites for hydroxylation is 1. The Morgan fingerprint density at radius 1 is 0.972 bits per heavy atom. The fourth-order valence-electron chi connectivity index (χ4n) is 4.05. The first-order chi connectivity index (χ1) is 16.8. The molecule has 0 aliphatic rings. The maximum atomic E-state index is 13.0. The highest BCUT2D eigenvalue weighted by atomic mass is 16.5. The van der Waals surface area contributed by atoms with E-state index in [9.17, 15) is 14.7 Å². The molecule has 0 radical (unpaired) electrons.